The lowest BCUT2D eigenvalue weighted by molar-refractivity contribution is 0.102. The van der Waals surface area contributed by atoms with E-state index in [-0.39, 0.29) is 5.91 Å². The first-order chi connectivity index (χ1) is 8.99. The number of amides is 1. The van der Waals surface area contributed by atoms with E-state index in [0.717, 1.165) is 27.9 Å². The van der Waals surface area contributed by atoms with Gasteiger partial charge in [0.25, 0.3) is 5.91 Å². The van der Waals surface area contributed by atoms with E-state index < -0.39 is 0 Å². The molecule has 0 saturated heterocycles. The fourth-order valence-corrected chi connectivity index (χ4v) is 2.18. The predicted molar refractivity (Wildman–Crippen MR) is 79.5 cm³/mol. The highest BCUT2D eigenvalue weighted by molar-refractivity contribution is 6.06. The van der Waals surface area contributed by atoms with E-state index in [9.17, 15) is 4.79 Å². The number of anilines is 2. The highest BCUT2D eigenvalue weighted by atomic mass is 16.1. The summed E-state index contributed by atoms with van der Waals surface area (Å²) < 4.78 is 0. The molecule has 0 atom stereocenters. The third-order valence-corrected chi connectivity index (χ3v) is 3.21. The number of benzene rings is 2. The molecule has 2 rings (SSSR count). The van der Waals surface area contributed by atoms with Gasteiger partial charge in [-0.2, -0.15) is 0 Å². The van der Waals surface area contributed by atoms with Crippen LogP contribution < -0.4 is 11.1 Å². The second-order valence-electron chi connectivity index (χ2n) is 4.80. The van der Waals surface area contributed by atoms with Crippen molar-refractivity contribution < 1.29 is 4.79 Å². The molecule has 0 spiro atoms. The molecule has 0 aliphatic carbocycles. The molecule has 19 heavy (non-hydrogen) atoms. The number of carbonyl (C=O) groups is 1. The molecule has 3 heteroatoms. The van der Waals surface area contributed by atoms with E-state index in [1.54, 1.807) is 6.07 Å². The van der Waals surface area contributed by atoms with Gasteiger partial charge in [-0.1, -0.05) is 18.2 Å². The maximum Gasteiger partial charge on any atom is 0.256 e. The Morgan fingerprint density at radius 3 is 2.21 bits per heavy atom. The van der Waals surface area contributed by atoms with E-state index in [1.165, 1.54) is 0 Å². The standard InChI is InChI=1S/C16H18N2O/c1-10-5-4-6-11(2)15(10)16(19)18-14-8-7-13(17)9-12(14)3/h4-9H,17H2,1-3H3,(H,18,19). The van der Waals surface area contributed by atoms with Crippen LogP contribution in [0, 0.1) is 20.8 Å². The number of nitrogens with two attached hydrogens (primary N) is 1. The Labute approximate surface area is 113 Å². The molecule has 0 bridgehead atoms. The largest absolute Gasteiger partial charge is 0.399 e. The summed E-state index contributed by atoms with van der Waals surface area (Å²) in [5, 5.41) is 2.94. The Morgan fingerprint density at radius 1 is 1.00 bits per heavy atom. The first-order valence-electron chi connectivity index (χ1n) is 6.22. The van der Waals surface area contributed by atoms with Crippen LogP contribution in [0.5, 0.6) is 0 Å². The van der Waals surface area contributed by atoms with Gasteiger partial charge in [0.15, 0.2) is 0 Å². The van der Waals surface area contributed by atoms with Crippen LogP contribution in [-0.4, -0.2) is 5.91 Å². The van der Waals surface area contributed by atoms with E-state index in [1.807, 2.05) is 51.1 Å². The second-order valence-corrected chi connectivity index (χ2v) is 4.80. The normalized spacial score (nSPS) is 10.3. The van der Waals surface area contributed by atoms with Gasteiger partial charge in [0, 0.05) is 16.9 Å². The lowest BCUT2D eigenvalue weighted by atomic mass is 10.0. The van der Waals surface area contributed by atoms with Gasteiger partial charge in [-0.05, 0) is 55.7 Å². The zero-order valence-electron chi connectivity index (χ0n) is 11.4. The zero-order chi connectivity index (χ0) is 14.0. The van der Waals surface area contributed by atoms with Gasteiger partial charge in [-0.15, -0.1) is 0 Å². The van der Waals surface area contributed by atoms with E-state index in [2.05, 4.69) is 5.32 Å². The molecule has 0 heterocycles. The number of nitrogen functional groups attached to an aromatic ring is 1. The van der Waals surface area contributed by atoms with Gasteiger partial charge in [-0.25, -0.2) is 0 Å². The van der Waals surface area contributed by atoms with E-state index in [0.29, 0.717) is 5.69 Å². The van der Waals surface area contributed by atoms with Crippen molar-refractivity contribution in [2.75, 3.05) is 11.1 Å². The molecule has 2 aromatic carbocycles. The molecule has 0 saturated carbocycles. The minimum Gasteiger partial charge on any atom is -0.399 e. The smallest absolute Gasteiger partial charge is 0.256 e. The van der Waals surface area contributed by atoms with E-state index in [4.69, 9.17) is 5.73 Å². The van der Waals surface area contributed by atoms with Crippen molar-refractivity contribution >= 4 is 17.3 Å². The van der Waals surface area contributed by atoms with Crippen molar-refractivity contribution in [3.8, 4) is 0 Å². The quantitative estimate of drug-likeness (QED) is 0.806. The number of carbonyl (C=O) groups excluding carboxylic acids is 1. The lowest BCUT2D eigenvalue weighted by Crippen LogP contribution is -2.15. The third-order valence-electron chi connectivity index (χ3n) is 3.21. The summed E-state index contributed by atoms with van der Waals surface area (Å²) in [5.41, 5.74) is 10.8. The Morgan fingerprint density at radius 2 is 1.63 bits per heavy atom. The van der Waals surface area contributed by atoms with Gasteiger partial charge in [0.1, 0.15) is 0 Å². The molecule has 3 nitrogen and oxygen atoms in total. The van der Waals surface area contributed by atoms with Crippen molar-refractivity contribution in [2.24, 2.45) is 0 Å². The van der Waals surface area contributed by atoms with Crippen molar-refractivity contribution in [1.29, 1.82) is 0 Å². The summed E-state index contributed by atoms with van der Waals surface area (Å²) in [5.74, 6) is -0.0801. The summed E-state index contributed by atoms with van der Waals surface area (Å²) in [6, 6.07) is 11.3. The van der Waals surface area contributed by atoms with Crippen LogP contribution in [-0.2, 0) is 0 Å². The maximum atomic E-state index is 12.4. The van der Waals surface area contributed by atoms with Crippen molar-refractivity contribution in [2.45, 2.75) is 20.8 Å². The summed E-state index contributed by atoms with van der Waals surface area (Å²) >= 11 is 0. The second kappa shape index (κ2) is 5.14. The molecule has 98 valence electrons. The van der Waals surface area contributed by atoms with Gasteiger partial charge in [-0.3, -0.25) is 4.79 Å². The maximum absolute atomic E-state index is 12.4. The van der Waals surface area contributed by atoms with Gasteiger partial charge in [0.05, 0.1) is 0 Å². The highest BCUT2D eigenvalue weighted by Crippen LogP contribution is 2.20. The molecule has 2 aromatic rings. The average molecular weight is 254 g/mol. The molecule has 0 unspecified atom stereocenters. The monoisotopic (exact) mass is 254 g/mol. The Kier molecular flexibility index (Phi) is 3.56. The van der Waals surface area contributed by atoms with Crippen LogP contribution in [0.1, 0.15) is 27.0 Å². The lowest BCUT2D eigenvalue weighted by Gasteiger charge is -2.12. The number of hydrogen-bond acceptors (Lipinski definition) is 2. The van der Waals surface area contributed by atoms with Crippen LogP contribution in [0.2, 0.25) is 0 Å². The van der Waals surface area contributed by atoms with Crippen LogP contribution in [0.3, 0.4) is 0 Å². The molecule has 0 fully saturated rings. The minimum atomic E-state index is -0.0801. The molecule has 0 aromatic heterocycles. The Bertz CT molecular complexity index is 612. The molecule has 0 aliphatic heterocycles. The first kappa shape index (κ1) is 13.1. The molecule has 3 N–H and O–H groups in total. The number of rotatable bonds is 2. The average Bonchev–Trinajstić information content (AvgIpc) is 2.32. The number of aryl methyl sites for hydroxylation is 3. The fraction of sp³-hybridized carbons (Fsp3) is 0.188. The van der Waals surface area contributed by atoms with Crippen molar-refractivity contribution in [3.05, 3.63) is 58.7 Å². The topological polar surface area (TPSA) is 55.1 Å². The SMILES string of the molecule is Cc1cc(N)ccc1NC(=O)c1c(C)cccc1C. The fourth-order valence-electron chi connectivity index (χ4n) is 2.18. The first-order valence-corrected chi connectivity index (χ1v) is 6.22. The molecule has 0 aliphatic rings. The number of nitrogens with one attached hydrogen (secondary N) is 1. The Balaban J connectivity index is 2.31. The van der Waals surface area contributed by atoms with Crippen molar-refractivity contribution in [3.63, 3.8) is 0 Å². The Hall–Kier alpha value is -2.29. The highest BCUT2D eigenvalue weighted by Gasteiger charge is 2.12. The van der Waals surface area contributed by atoms with Crippen molar-refractivity contribution in [1.82, 2.24) is 0 Å². The zero-order valence-corrected chi connectivity index (χ0v) is 11.4. The van der Waals surface area contributed by atoms with Crippen LogP contribution in [0.15, 0.2) is 36.4 Å². The van der Waals surface area contributed by atoms with Gasteiger partial charge in [0.2, 0.25) is 0 Å². The summed E-state index contributed by atoms with van der Waals surface area (Å²) in [6.45, 7) is 5.81. The predicted octanol–water partition coefficient (Wildman–Crippen LogP) is 3.45. The minimum absolute atomic E-state index is 0.0801. The van der Waals surface area contributed by atoms with Crippen LogP contribution in [0.25, 0.3) is 0 Å². The van der Waals surface area contributed by atoms with Gasteiger partial charge >= 0.3 is 0 Å². The molecular formula is C16H18N2O. The van der Waals surface area contributed by atoms with Crippen LogP contribution in [0.4, 0.5) is 11.4 Å². The molecule has 0 radical (unpaired) electrons. The third kappa shape index (κ3) is 2.76. The summed E-state index contributed by atoms with van der Waals surface area (Å²) in [6.07, 6.45) is 0. The van der Waals surface area contributed by atoms with Crippen LogP contribution >= 0.6 is 0 Å². The van der Waals surface area contributed by atoms with Gasteiger partial charge < -0.3 is 11.1 Å². The van der Waals surface area contributed by atoms with E-state index >= 15 is 0 Å². The summed E-state index contributed by atoms with van der Waals surface area (Å²) in [4.78, 5) is 12.4. The number of hydrogen-bond donors (Lipinski definition) is 2. The molecular weight excluding hydrogens is 236 g/mol. The summed E-state index contributed by atoms with van der Waals surface area (Å²) in [7, 11) is 0. The molecule has 1 amide bonds.